The summed E-state index contributed by atoms with van der Waals surface area (Å²) in [4.78, 5) is 2.51. The Morgan fingerprint density at radius 3 is 2.43 bits per heavy atom. The first-order chi connectivity index (χ1) is 6.74. The van der Waals surface area contributed by atoms with E-state index in [4.69, 9.17) is 5.73 Å². The fourth-order valence-corrected chi connectivity index (χ4v) is 2.65. The molecule has 2 aliphatic rings. The van der Waals surface area contributed by atoms with E-state index in [2.05, 4.69) is 11.9 Å². The van der Waals surface area contributed by atoms with E-state index < -0.39 is 0 Å². The van der Waals surface area contributed by atoms with E-state index in [0.29, 0.717) is 6.04 Å². The zero-order chi connectivity index (χ0) is 9.97. The van der Waals surface area contributed by atoms with Crippen LogP contribution in [-0.2, 0) is 0 Å². The largest absolute Gasteiger partial charge is 0.328 e. The molecule has 0 aromatic heterocycles. The monoisotopic (exact) mass is 196 g/mol. The quantitative estimate of drug-likeness (QED) is 0.727. The highest BCUT2D eigenvalue weighted by atomic mass is 15.1. The molecule has 2 heteroatoms. The Morgan fingerprint density at radius 1 is 1.21 bits per heavy atom. The van der Waals surface area contributed by atoms with Crippen LogP contribution in [0.4, 0.5) is 0 Å². The molecule has 0 radical (unpaired) electrons. The summed E-state index contributed by atoms with van der Waals surface area (Å²) in [5.41, 5.74) is 5.78. The van der Waals surface area contributed by atoms with Gasteiger partial charge in [-0.3, -0.25) is 0 Å². The molecular weight excluding hydrogens is 172 g/mol. The van der Waals surface area contributed by atoms with E-state index in [1.54, 1.807) is 0 Å². The summed E-state index contributed by atoms with van der Waals surface area (Å²) >= 11 is 0. The van der Waals surface area contributed by atoms with Crippen LogP contribution in [0.2, 0.25) is 0 Å². The van der Waals surface area contributed by atoms with Crippen LogP contribution in [0.25, 0.3) is 0 Å². The lowest BCUT2D eigenvalue weighted by Crippen LogP contribution is -2.42. The topological polar surface area (TPSA) is 29.3 Å². The summed E-state index contributed by atoms with van der Waals surface area (Å²) in [6, 6.07) is 0.514. The van der Waals surface area contributed by atoms with Crippen LogP contribution in [0.1, 0.15) is 38.5 Å². The van der Waals surface area contributed by atoms with Gasteiger partial charge >= 0.3 is 0 Å². The van der Waals surface area contributed by atoms with E-state index in [1.807, 2.05) is 0 Å². The highest BCUT2D eigenvalue weighted by Gasteiger charge is 2.26. The van der Waals surface area contributed by atoms with Crippen molar-refractivity contribution in [3.05, 3.63) is 0 Å². The average molecular weight is 196 g/mol. The van der Waals surface area contributed by atoms with Gasteiger partial charge in [0.2, 0.25) is 0 Å². The van der Waals surface area contributed by atoms with E-state index in [-0.39, 0.29) is 0 Å². The second-order valence-corrected chi connectivity index (χ2v) is 5.45. The summed E-state index contributed by atoms with van der Waals surface area (Å²) in [5, 5.41) is 0. The number of nitrogens with zero attached hydrogens (tertiary/aromatic N) is 1. The molecule has 82 valence electrons. The Bertz CT molecular complexity index is 171. The van der Waals surface area contributed by atoms with Gasteiger partial charge in [-0.2, -0.15) is 0 Å². The van der Waals surface area contributed by atoms with Gasteiger partial charge in [0.05, 0.1) is 0 Å². The van der Waals surface area contributed by atoms with Crippen molar-refractivity contribution in [3.63, 3.8) is 0 Å². The molecule has 0 amide bonds. The molecule has 2 aliphatic carbocycles. The molecule has 0 saturated heterocycles. The highest BCUT2D eigenvalue weighted by molar-refractivity contribution is 4.83. The van der Waals surface area contributed by atoms with Gasteiger partial charge in [-0.05, 0) is 44.7 Å². The van der Waals surface area contributed by atoms with Gasteiger partial charge in [0.15, 0.2) is 0 Å². The van der Waals surface area contributed by atoms with Crippen LogP contribution in [0.15, 0.2) is 0 Å². The molecule has 0 unspecified atom stereocenters. The second kappa shape index (κ2) is 4.63. The zero-order valence-electron chi connectivity index (χ0n) is 9.41. The first-order valence-electron chi connectivity index (χ1n) is 6.18. The minimum Gasteiger partial charge on any atom is -0.328 e. The average Bonchev–Trinajstić information content (AvgIpc) is 1.98. The number of hydrogen-bond acceptors (Lipinski definition) is 2. The van der Waals surface area contributed by atoms with Crippen LogP contribution in [0.5, 0.6) is 0 Å². The van der Waals surface area contributed by atoms with Gasteiger partial charge in [0.1, 0.15) is 0 Å². The number of rotatable bonds is 5. The van der Waals surface area contributed by atoms with Crippen LogP contribution in [0.3, 0.4) is 0 Å². The van der Waals surface area contributed by atoms with Crippen molar-refractivity contribution in [2.75, 3.05) is 20.1 Å². The van der Waals surface area contributed by atoms with Crippen LogP contribution in [0, 0.1) is 11.8 Å². The van der Waals surface area contributed by atoms with E-state index in [1.165, 1.54) is 51.6 Å². The highest BCUT2D eigenvalue weighted by Crippen LogP contribution is 2.30. The lowest BCUT2D eigenvalue weighted by atomic mass is 9.80. The van der Waals surface area contributed by atoms with Crippen molar-refractivity contribution in [1.82, 2.24) is 4.90 Å². The van der Waals surface area contributed by atoms with Crippen molar-refractivity contribution >= 4 is 0 Å². The number of hydrogen-bond donors (Lipinski definition) is 1. The van der Waals surface area contributed by atoms with Gasteiger partial charge < -0.3 is 10.6 Å². The summed E-state index contributed by atoms with van der Waals surface area (Å²) in [7, 11) is 2.27. The van der Waals surface area contributed by atoms with Gasteiger partial charge in [-0.25, -0.2) is 0 Å². The van der Waals surface area contributed by atoms with E-state index in [9.17, 15) is 0 Å². The lowest BCUT2D eigenvalue weighted by Gasteiger charge is -2.36. The van der Waals surface area contributed by atoms with Crippen molar-refractivity contribution in [2.45, 2.75) is 44.6 Å². The van der Waals surface area contributed by atoms with Crippen molar-refractivity contribution in [2.24, 2.45) is 17.6 Å². The van der Waals surface area contributed by atoms with Gasteiger partial charge in [0, 0.05) is 12.6 Å². The summed E-state index contributed by atoms with van der Waals surface area (Å²) in [6.45, 7) is 2.58. The molecule has 0 aromatic rings. The normalized spacial score (nSPS) is 32.8. The molecule has 0 atom stereocenters. The van der Waals surface area contributed by atoms with E-state index in [0.717, 1.165) is 11.8 Å². The maximum atomic E-state index is 5.78. The molecule has 2 nitrogen and oxygen atoms in total. The maximum absolute atomic E-state index is 5.78. The SMILES string of the molecule is CN(CCC1CCC1)CC1CC(N)C1. The predicted molar refractivity (Wildman–Crippen MR) is 60.2 cm³/mol. The second-order valence-electron chi connectivity index (χ2n) is 5.45. The Balaban J connectivity index is 1.52. The maximum Gasteiger partial charge on any atom is 0.00450 e. The number of nitrogens with two attached hydrogens (primary N) is 1. The van der Waals surface area contributed by atoms with Crippen LogP contribution < -0.4 is 5.73 Å². The predicted octanol–water partition coefficient (Wildman–Crippen LogP) is 1.85. The molecular formula is C12H24N2. The van der Waals surface area contributed by atoms with Gasteiger partial charge in [-0.1, -0.05) is 19.3 Å². The van der Waals surface area contributed by atoms with Crippen LogP contribution >= 0.6 is 0 Å². The third kappa shape index (κ3) is 2.71. The third-order valence-electron chi connectivity index (χ3n) is 3.99. The fourth-order valence-electron chi connectivity index (χ4n) is 2.65. The molecule has 0 aliphatic heterocycles. The molecule has 2 fully saturated rings. The molecule has 0 bridgehead atoms. The Hall–Kier alpha value is -0.0800. The van der Waals surface area contributed by atoms with Crippen molar-refractivity contribution in [1.29, 1.82) is 0 Å². The molecule has 0 aromatic carbocycles. The fraction of sp³-hybridized carbons (Fsp3) is 1.00. The molecule has 2 rings (SSSR count). The summed E-state index contributed by atoms with van der Waals surface area (Å²) in [5.74, 6) is 1.96. The first-order valence-corrected chi connectivity index (χ1v) is 6.18. The Labute approximate surface area is 87.8 Å². The smallest absolute Gasteiger partial charge is 0.00450 e. The minimum atomic E-state index is 0.514. The first kappa shape index (κ1) is 10.4. The lowest BCUT2D eigenvalue weighted by molar-refractivity contribution is 0.166. The van der Waals surface area contributed by atoms with Crippen molar-refractivity contribution < 1.29 is 0 Å². The molecule has 0 heterocycles. The van der Waals surface area contributed by atoms with Gasteiger partial charge in [-0.15, -0.1) is 0 Å². The molecule has 14 heavy (non-hydrogen) atoms. The Morgan fingerprint density at radius 2 is 1.93 bits per heavy atom. The third-order valence-corrected chi connectivity index (χ3v) is 3.99. The van der Waals surface area contributed by atoms with E-state index >= 15 is 0 Å². The molecule has 2 N–H and O–H groups in total. The van der Waals surface area contributed by atoms with Gasteiger partial charge in [0.25, 0.3) is 0 Å². The molecule has 2 saturated carbocycles. The summed E-state index contributed by atoms with van der Waals surface area (Å²) in [6.07, 6.45) is 8.40. The molecule has 0 spiro atoms. The van der Waals surface area contributed by atoms with Crippen molar-refractivity contribution in [3.8, 4) is 0 Å². The minimum absolute atomic E-state index is 0.514. The zero-order valence-corrected chi connectivity index (χ0v) is 9.41. The standard InChI is InChI=1S/C12H24N2/c1-14(6-5-10-3-2-4-10)9-11-7-12(13)8-11/h10-12H,2-9,13H2,1H3. The Kier molecular flexibility index (Phi) is 3.45. The summed E-state index contributed by atoms with van der Waals surface area (Å²) < 4.78 is 0. The van der Waals surface area contributed by atoms with Crippen LogP contribution in [-0.4, -0.2) is 31.1 Å².